The van der Waals surface area contributed by atoms with Crippen LogP contribution in [-0.2, 0) is 21.6 Å². The highest BCUT2D eigenvalue weighted by atomic mass is 16.5. The summed E-state index contributed by atoms with van der Waals surface area (Å²) in [4.78, 5) is 19.4. The number of hydrogen-bond acceptors (Lipinski definition) is 6. The number of carbonyl (C=O) groups is 1. The minimum atomic E-state index is -0.363. The zero-order valence-corrected chi connectivity index (χ0v) is 15.8. The number of likely N-dealkylation sites (tertiary alicyclic amines) is 1. The molecular formula is C20H25N3O4. The number of ether oxygens (including phenoxy) is 2. The van der Waals surface area contributed by atoms with Gasteiger partial charge in [-0.3, -0.25) is 4.79 Å². The van der Waals surface area contributed by atoms with E-state index in [2.05, 4.69) is 10.1 Å². The molecule has 1 saturated heterocycles. The third kappa shape index (κ3) is 3.69. The fraction of sp³-hybridized carbons (Fsp3) is 0.550. The number of methoxy groups -OCH3 is 1. The Morgan fingerprint density at radius 3 is 2.74 bits per heavy atom. The highest BCUT2D eigenvalue weighted by Crippen LogP contribution is 2.50. The van der Waals surface area contributed by atoms with E-state index in [1.54, 1.807) is 14.0 Å². The second kappa shape index (κ2) is 7.31. The zero-order valence-electron chi connectivity index (χ0n) is 15.8. The van der Waals surface area contributed by atoms with E-state index in [9.17, 15) is 4.79 Å². The van der Waals surface area contributed by atoms with E-state index in [0.717, 1.165) is 43.5 Å². The molecule has 2 aromatic rings. The molecule has 1 aromatic carbocycles. The van der Waals surface area contributed by atoms with Gasteiger partial charge in [-0.2, -0.15) is 4.98 Å². The Balaban J connectivity index is 1.39. The van der Waals surface area contributed by atoms with E-state index in [0.29, 0.717) is 18.3 Å². The third-order valence-electron chi connectivity index (χ3n) is 5.48. The maximum absolute atomic E-state index is 13.3. The standard InChI is InChI=1S/C20H25N3O4/c1-14-21-18(27-22-14)13-26-17-4-3-11-23(12-17)19(24)20(9-10-20)15-5-7-16(25-2)8-6-15/h5-8,17H,3-4,9-13H2,1-2H3. The van der Waals surface area contributed by atoms with E-state index in [1.807, 2.05) is 29.2 Å². The summed E-state index contributed by atoms with van der Waals surface area (Å²) in [7, 11) is 1.65. The molecule has 144 valence electrons. The lowest BCUT2D eigenvalue weighted by Crippen LogP contribution is -2.47. The lowest BCUT2D eigenvalue weighted by molar-refractivity contribution is -0.138. The SMILES string of the molecule is COc1ccc(C2(C(=O)N3CCCC(OCc4nc(C)no4)C3)CC2)cc1. The lowest BCUT2D eigenvalue weighted by Gasteiger charge is -2.35. The minimum absolute atomic E-state index is 0.00146. The molecule has 1 aliphatic heterocycles. The van der Waals surface area contributed by atoms with Gasteiger partial charge in [-0.05, 0) is 50.3 Å². The van der Waals surface area contributed by atoms with Crippen molar-refractivity contribution in [3.05, 3.63) is 41.5 Å². The Hall–Kier alpha value is -2.41. The number of nitrogens with zero attached hydrogens (tertiary/aromatic N) is 3. The summed E-state index contributed by atoms with van der Waals surface area (Å²) in [6, 6.07) is 7.88. The van der Waals surface area contributed by atoms with Crippen LogP contribution in [0.3, 0.4) is 0 Å². The molecule has 1 amide bonds. The largest absolute Gasteiger partial charge is 0.497 e. The van der Waals surface area contributed by atoms with E-state index < -0.39 is 0 Å². The van der Waals surface area contributed by atoms with Gasteiger partial charge >= 0.3 is 0 Å². The molecule has 4 rings (SSSR count). The third-order valence-corrected chi connectivity index (χ3v) is 5.48. The van der Waals surface area contributed by atoms with Gasteiger partial charge in [0.05, 0.1) is 18.6 Å². The number of benzene rings is 1. The average molecular weight is 371 g/mol. The Morgan fingerprint density at radius 2 is 2.11 bits per heavy atom. The van der Waals surface area contributed by atoms with Crippen LogP contribution >= 0.6 is 0 Å². The quantitative estimate of drug-likeness (QED) is 0.777. The van der Waals surface area contributed by atoms with Crippen molar-refractivity contribution in [1.29, 1.82) is 0 Å². The second-order valence-electron chi connectivity index (χ2n) is 7.37. The van der Waals surface area contributed by atoms with Crippen LogP contribution in [0.15, 0.2) is 28.8 Å². The van der Waals surface area contributed by atoms with Crippen molar-refractivity contribution in [2.75, 3.05) is 20.2 Å². The Bertz CT molecular complexity index is 798. The first-order valence-corrected chi connectivity index (χ1v) is 9.45. The highest BCUT2D eigenvalue weighted by molar-refractivity contribution is 5.91. The van der Waals surface area contributed by atoms with Gasteiger partial charge in [-0.1, -0.05) is 17.3 Å². The summed E-state index contributed by atoms with van der Waals surface area (Å²) >= 11 is 0. The van der Waals surface area contributed by atoms with Gasteiger partial charge in [0.25, 0.3) is 5.89 Å². The van der Waals surface area contributed by atoms with E-state index in [-0.39, 0.29) is 24.0 Å². The molecule has 7 heteroatoms. The van der Waals surface area contributed by atoms with Gasteiger partial charge in [0.1, 0.15) is 12.4 Å². The van der Waals surface area contributed by atoms with Gasteiger partial charge in [0, 0.05) is 13.1 Å². The van der Waals surface area contributed by atoms with Crippen LogP contribution in [0.5, 0.6) is 5.75 Å². The van der Waals surface area contributed by atoms with Gasteiger partial charge in [-0.15, -0.1) is 0 Å². The number of amides is 1. The Labute approximate surface area is 158 Å². The number of aryl methyl sites for hydroxylation is 1. The van der Waals surface area contributed by atoms with Gasteiger partial charge < -0.3 is 18.9 Å². The van der Waals surface area contributed by atoms with Gasteiger partial charge in [0.2, 0.25) is 5.91 Å². The topological polar surface area (TPSA) is 77.7 Å². The molecule has 0 spiro atoms. The van der Waals surface area contributed by atoms with Crippen molar-refractivity contribution in [2.45, 2.75) is 50.7 Å². The van der Waals surface area contributed by atoms with Crippen molar-refractivity contribution >= 4 is 5.91 Å². The lowest BCUT2D eigenvalue weighted by atomic mass is 9.93. The first-order valence-electron chi connectivity index (χ1n) is 9.45. The van der Waals surface area contributed by atoms with Crippen LogP contribution in [0.2, 0.25) is 0 Å². The van der Waals surface area contributed by atoms with Gasteiger partial charge in [0.15, 0.2) is 5.82 Å². The summed E-state index contributed by atoms with van der Waals surface area (Å²) in [5.41, 5.74) is 0.718. The Kier molecular flexibility index (Phi) is 4.86. The molecule has 0 bridgehead atoms. The maximum atomic E-state index is 13.3. The summed E-state index contributed by atoms with van der Waals surface area (Å²) in [5.74, 6) is 2.11. The molecule has 0 N–H and O–H groups in total. The summed E-state index contributed by atoms with van der Waals surface area (Å²) < 4.78 is 16.2. The average Bonchev–Trinajstić information content (AvgIpc) is 3.42. The normalized spacial score (nSPS) is 21.1. The zero-order chi connectivity index (χ0) is 18.9. The molecule has 7 nitrogen and oxygen atoms in total. The van der Waals surface area contributed by atoms with Crippen molar-refractivity contribution in [2.24, 2.45) is 0 Å². The monoisotopic (exact) mass is 371 g/mol. The van der Waals surface area contributed by atoms with E-state index in [1.165, 1.54) is 0 Å². The number of hydrogen-bond donors (Lipinski definition) is 0. The summed E-state index contributed by atoms with van der Waals surface area (Å²) in [5, 5.41) is 3.77. The summed E-state index contributed by atoms with van der Waals surface area (Å²) in [6.45, 7) is 3.47. The fourth-order valence-electron chi connectivity index (χ4n) is 3.81. The van der Waals surface area contributed by atoms with Crippen molar-refractivity contribution in [1.82, 2.24) is 15.0 Å². The number of carbonyl (C=O) groups excluding carboxylic acids is 1. The number of rotatable bonds is 6. The van der Waals surface area contributed by atoms with Crippen molar-refractivity contribution in [3.8, 4) is 5.75 Å². The van der Waals surface area contributed by atoms with Crippen LogP contribution < -0.4 is 4.74 Å². The molecule has 2 heterocycles. The molecule has 1 aromatic heterocycles. The molecule has 27 heavy (non-hydrogen) atoms. The van der Waals surface area contributed by atoms with Crippen LogP contribution in [0.25, 0.3) is 0 Å². The van der Waals surface area contributed by atoms with Crippen molar-refractivity contribution in [3.63, 3.8) is 0 Å². The molecule has 1 unspecified atom stereocenters. The number of aromatic nitrogens is 2. The van der Waals surface area contributed by atoms with E-state index >= 15 is 0 Å². The molecule has 1 saturated carbocycles. The van der Waals surface area contributed by atoms with Gasteiger partial charge in [-0.25, -0.2) is 0 Å². The molecule has 1 aliphatic carbocycles. The maximum Gasteiger partial charge on any atom is 0.252 e. The minimum Gasteiger partial charge on any atom is -0.497 e. The second-order valence-corrected chi connectivity index (χ2v) is 7.37. The first kappa shape index (κ1) is 18.0. The first-order chi connectivity index (χ1) is 13.1. The summed E-state index contributed by atoms with van der Waals surface area (Å²) in [6.07, 6.45) is 3.69. The van der Waals surface area contributed by atoms with Crippen LogP contribution in [0.4, 0.5) is 0 Å². The van der Waals surface area contributed by atoms with Crippen LogP contribution in [-0.4, -0.2) is 47.3 Å². The van der Waals surface area contributed by atoms with Crippen LogP contribution in [0, 0.1) is 6.92 Å². The predicted molar refractivity (Wildman–Crippen MR) is 97.3 cm³/mol. The molecule has 0 radical (unpaired) electrons. The number of piperidine rings is 1. The smallest absolute Gasteiger partial charge is 0.252 e. The van der Waals surface area contributed by atoms with Crippen LogP contribution in [0.1, 0.15) is 43.0 Å². The predicted octanol–water partition coefficient (Wildman–Crippen LogP) is 2.63. The molecule has 2 aliphatic rings. The van der Waals surface area contributed by atoms with Crippen molar-refractivity contribution < 1.29 is 18.8 Å². The fourth-order valence-corrected chi connectivity index (χ4v) is 3.81. The molecular weight excluding hydrogens is 346 g/mol. The molecule has 1 atom stereocenters. The Morgan fingerprint density at radius 1 is 1.33 bits per heavy atom. The highest BCUT2D eigenvalue weighted by Gasteiger charge is 2.53. The molecule has 2 fully saturated rings. The van der Waals surface area contributed by atoms with E-state index in [4.69, 9.17) is 14.0 Å².